The number of benzene rings is 1. The molecule has 7 heteroatoms. The highest BCUT2D eigenvalue weighted by Crippen LogP contribution is 2.32. The molecule has 94 valence electrons. The summed E-state index contributed by atoms with van der Waals surface area (Å²) in [5.74, 6) is 0.164. The molecule has 0 unspecified atom stereocenters. The molecule has 0 radical (unpaired) electrons. The first-order valence-electron chi connectivity index (χ1n) is 5.50. The molecule has 0 aliphatic heterocycles. The number of para-hydroxylation sites is 1. The number of rotatable bonds is 2. The molecular weight excluding hydrogens is 246 g/mol. The summed E-state index contributed by atoms with van der Waals surface area (Å²) in [6.45, 7) is 0. The van der Waals surface area contributed by atoms with Crippen LogP contribution in [0.25, 0.3) is 22.2 Å². The van der Waals surface area contributed by atoms with Crippen molar-refractivity contribution in [1.82, 2.24) is 15.0 Å². The van der Waals surface area contributed by atoms with Gasteiger partial charge in [-0.15, -0.1) is 0 Å². The van der Waals surface area contributed by atoms with Gasteiger partial charge in [-0.1, -0.05) is 12.1 Å². The van der Waals surface area contributed by atoms with Crippen LogP contribution in [0.1, 0.15) is 0 Å². The minimum atomic E-state index is -0.420. The number of nitrogens with two attached hydrogens (primary N) is 1. The van der Waals surface area contributed by atoms with E-state index in [4.69, 9.17) is 5.73 Å². The predicted molar refractivity (Wildman–Crippen MR) is 70.4 cm³/mol. The molecule has 2 aromatic heterocycles. The molecule has 3 rings (SSSR count). The smallest absolute Gasteiger partial charge is 0.293 e. The molecule has 2 heterocycles. The van der Waals surface area contributed by atoms with Gasteiger partial charge in [0.1, 0.15) is 5.52 Å². The number of nitro groups is 1. The maximum atomic E-state index is 11.0. The van der Waals surface area contributed by atoms with Crippen LogP contribution in [0.4, 0.5) is 11.6 Å². The number of aromatic amines is 1. The van der Waals surface area contributed by atoms with E-state index in [-0.39, 0.29) is 11.6 Å². The average Bonchev–Trinajstić information content (AvgIpc) is 2.82. The quantitative estimate of drug-likeness (QED) is 0.538. The molecule has 0 bridgehead atoms. The minimum absolute atomic E-state index is 0.0331. The van der Waals surface area contributed by atoms with Crippen LogP contribution in [0, 0.1) is 10.1 Å². The van der Waals surface area contributed by atoms with Crippen LogP contribution < -0.4 is 5.73 Å². The normalized spacial score (nSPS) is 10.7. The van der Waals surface area contributed by atoms with E-state index in [0.717, 1.165) is 10.9 Å². The second kappa shape index (κ2) is 4.05. The van der Waals surface area contributed by atoms with E-state index >= 15 is 0 Å². The van der Waals surface area contributed by atoms with Crippen molar-refractivity contribution in [2.45, 2.75) is 0 Å². The number of nitrogen functional groups attached to an aromatic ring is 1. The number of non-ortho nitro benzene ring substituents is 1. The summed E-state index contributed by atoms with van der Waals surface area (Å²) in [7, 11) is 0. The number of nitrogens with one attached hydrogen (secondary N) is 1. The molecule has 0 saturated carbocycles. The summed E-state index contributed by atoms with van der Waals surface area (Å²) >= 11 is 0. The average molecular weight is 255 g/mol. The fourth-order valence-corrected chi connectivity index (χ4v) is 2.03. The maximum absolute atomic E-state index is 11.0. The monoisotopic (exact) mass is 255 g/mol. The highest BCUT2D eigenvalue weighted by Gasteiger charge is 2.16. The number of aromatic nitrogens is 3. The van der Waals surface area contributed by atoms with Crippen molar-refractivity contribution in [2.75, 3.05) is 5.73 Å². The molecule has 1 aromatic carbocycles. The van der Waals surface area contributed by atoms with Crippen molar-refractivity contribution < 1.29 is 4.92 Å². The van der Waals surface area contributed by atoms with Crippen LogP contribution >= 0.6 is 0 Å². The molecule has 0 atom stereocenters. The van der Waals surface area contributed by atoms with Gasteiger partial charge in [0.05, 0.1) is 10.6 Å². The van der Waals surface area contributed by atoms with Gasteiger partial charge in [0.2, 0.25) is 5.95 Å². The fourth-order valence-electron chi connectivity index (χ4n) is 2.03. The number of H-pyrrole nitrogens is 1. The lowest BCUT2D eigenvalue weighted by molar-refractivity contribution is -0.383. The molecular formula is C12H9N5O2. The number of hydrogen-bond acceptors (Lipinski definition) is 5. The molecule has 0 aliphatic carbocycles. The Morgan fingerprint density at radius 2 is 2.16 bits per heavy atom. The van der Waals surface area contributed by atoms with Gasteiger partial charge in [-0.05, 0) is 6.07 Å². The van der Waals surface area contributed by atoms with Gasteiger partial charge >= 0.3 is 0 Å². The molecule has 0 saturated heterocycles. The first kappa shape index (κ1) is 11.1. The summed E-state index contributed by atoms with van der Waals surface area (Å²) in [5.41, 5.74) is 7.43. The fraction of sp³-hybridized carbons (Fsp3) is 0. The van der Waals surface area contributed by atoms with Crippen LogP contribution in [0.5, 0.6) is 0 Å². The Morgan fingerprint density at radius 1 is 1.32 bits per heavy atom. The molecule has 0 fully saturated rings. The summed E-state index contributed by atoms with van der Waals surface area (Å²) < 4.78 is 0. The van der Waals surface area contributed by atoms with Gasteiger partial charge < -0.3 is 10.7 Å². The molecule has 3 N–H and O–H groups in total. The molecule has 19 heavy (non-hydrogen) atoms. The summed E-state index contributed by atoms with van der Waals surface area (Å²) in [5, 5.41) is 11.7. The zero-order valence-corrected chi connectivity index (χ0v) is 9.70. The van der Waals surface area contributed by atoms with E-state index in [0.29, 0.717) is 11.2 Å². The standard InChI is InChI=1S/C12H9N5O2/c13-12-14-5-4-9(16-12)8-6-15-11-7(8)2-1-3-10(11)17(18)19/h1-6,15H,(H2,13,14,16). The zero-order chi connectivity index (χ0) is 13.4. The second-order valence-electron chi connectivity index (χ2n) is 3.96. The van der Waals surface area contributed by atoms with E-state index in [1.807, 2.05) is 0 Å². The van der Waals surface area contributed by atoms with E-state index in [2.05, 4.69) is 15.0 Å². The second-order valence-corrected chi connectivity index (χ2v) is 3.96. The number of anilines is 1. The van der Waals surface area contributed by atoms with Crippen molar-refractivity contribution in [3.05, 3.63) is 46.8 Å². The lowest BCUT2D eigenvalue weighted by Gasteiger charge is -1.99. The van der Waals surface area contributed by atoms with Crippen LogP contribution in [-0.4, -0.2) is 19.9 Å². The third-order valence-electron chi connectivity index (χ3n) is 2.84. The number of nitro benzene ring substituents is 1. The lowest BCUT2D eigenvalue weighted by Crippen LogP contribution is -1.94. The summed E-state index contributed by atoms with van der Waals surface area (Å²) in [6, 6.07) is 6.60. The summed E-state index contributed by atoms with van der Waals surface area (Å²) in [6.07, 6.45) is 3.23. The Bertz CT molecular complexity index is 781. The first-order valence-corrected chi connectivity index (χ1v) is 5.50. The van der Waals surface area contributed by atoms with Crippen molar-refractivity contribution in [2.24, 2.45) is 0 Å². The Kier molecular flexibility index (Phi) is 2.38. The lowest BCUT2D eigenvalue weighted by atomic mass is 10.1. The van der Waals surface area contributed by atoms with Gasteiger partial charge in [-0.25, -0.2) is 9.97 Å². The first-order chi connectivity index (χ1) is 9.16. The van der Waals surface area contributed by atoms with Crippen LogP contribution in [0.2, 0.25) is 0 Å². The van der Waals surface area contributed by atoms with Gasteiger partial charge in [-0.2, -0.15) is 0 Å². The van der Waals surface area contributed by atoms with Crippen LogP contribution in [0.3, 0.4) is 0 Å². The SMILES string of the molecule is Nc1nccc(-c2c[nH]c3c([N+](=O)[O-])cccc23)n1. The topological polar surface area (TPSA) is 111 Å². The van der Waals surface area contributed by atoms with Crippen molar-refractivity contribution >= 4 is 22.5 Å². The van der Waals surface area contributed by atoms with Crippen LogP contribution in [-0.2, 0) is 0 Å². The highest BCUT2D eigenvalue weighted by molar-refractivity contribution is 5.99. The van der Waals surface area contributed by atoms with Gasteiger partial charge in [0.25, 0.3) is 5.69 Å². The number of nitrogens with zero attached hydrogens (tertiary/aromatic N) is 3. The van der Waals surface area contributed by atoms with Gasteiger partial charge in [0.15, 0.2) is 0 Å². The Balaban J connectivity index is 2.27. The van der Waals surface area contributed by atoms with Crippen molar-refractivity contribution in [3.63, 3.8) is 0 Å². The van der Waals surface area contributed by atoms with E-state index in [1.165, 1.54) is 6.07 Å². The molecule has 7 nitrogen and oxygen atoms in total. The zero-order valence-electron chi connectivity index (χ0n) is 9.70. The summed E-state index contributed by atoms with van der Waals surface area (Å²) in [4.78, 5) is 21.4. The third kappa shape index (κ3) is 1.77. The highest BCUT2D eigenvalue weighted by atomic mass is 16.6. The Morgan fingerprint density at radius 3 is 2.89 bits per heavy atom. The number of hydrogen-bond donors (Lipinski definition) is 2. The maximum Gasteiger partial charge on any atom is 0.293 e. The van der Waals surface area contributed by atoms with E-state index < -0.39 is 4.92 Å². The van der Waals surface area contributed by atoms with Crippen LogP contribution in [0.15, 0.2) is 36.7 Å². The van der Waals surface area contributed by atoms with Gasteiger partial charge in [0, 0.05) is 29.4 Å². The molecule has 3 aromatic rings. The largest absolute Gasteiger partial charge is 0.368 e. The predicted octanol–water partition coefficient (Wildman–Crippen LogP) is 2.12. The van der Waals surface area contributed by atoms with Crippen molar-refractivity contribution in [3.8, 4) is 11.3 Å². The molecule has 0 spiro atoms. The van der Waals surface area contributed by atoms with Gasteiger partial charge in [-0.3, -0.25) is 10.1 Å². The minimum Gasteiger partial charge on any atom is -0.368 e. The van der Waals surface area contributed by atoms with E-state index in [1.54, 1.807) is 30.6 Å². The third-order valence-corrected chi connectivity index (χ3v) is 2.84. The number of fused-ring (bicyclic) bond motifs is 1. The molecule has 0 amide bonds. The van der Waals surface area contributed by atoms with E-state index in [9.17, 15) is 10.1 Å². The van der Waals surface area contributed by atoms with Crippen molar-refractivity contribution in [1.29, 1.82) is 0 Å². The Hall–Kier alpha value is -2.96. The Labute approximate surface area is 107 Å². The molecule has 0 aliphatic rings.